The van der Waals surface area contributed by atoms with Gasteiger partial charge in [0.1, 0.15) is 11.9 Å². The van der Waals surface area contributed by atoms with Crippen molar-refractivity contribution in [1.82, 2.24) is 0 Å². The average Bonchev–Trinajstić information content (AvgIpc) is 2.40. The Bertz CT molecular complexity index is 612. The Morgan fingerprint density at radius 3 is 2.20 bits per heavy atom. The summed E-state index contributed by atoms with van der Waals surface area (Å²) in [6, 6.07) is 9.83. The fraction of sp³-hybridized carbons (Fsp3) is 0.143. The van der Waals surface area contributed by atoms with E-state index in [0.717, 1.165) is 12.1 Å². The van der Waals surface area contributed by atoms with Gasteiger partial charge in [-0.3, -0.25) is 0 Å². The van der Waals surface area contributed by atoms with Crippen LogP contribution in [0.15, 0.2) is 42.5 Å². The number of phenols is 1. The van der Waals surface area contributed by atoms with E-state index < -0.39 is 17.8 Å². The van der Waals surface area contributed by atoms with Crippen molar-refractivity contribution in [2.45, 2.75) is 12.3 Å². The van der Waals surface area contributed by atoms with Gasteiger partial charge in [0.2, 0.25) is 0 Å². The Labute approximate surface area is 127 Å². The number of benzene rings is 2. The van der Waals surface area contributed by atoms with Gasteiger partial charge in [0, 0.05) is 5.56 Å². The summed E-state index contributed by atoms with van der Waals surface area (Å²) in [6.07, 6.45) is -5.84. The number of phenolic OH excluding ortho intramolecular Hbond substituents is 1. The van der Waals surface area contributed by atoms with Crippen LogP contribution in [-0.4, -0.2) is 10.2 Å². The van der Waals surface area contributed by atoms with Crippen molar-refractivity contribution >= 4 is 22.6 Å². The van der Waals surface area contributed by atoms with Gasteiger partial charge in [-0.1, -0.05) is 30.3 Å². The molecular formula is C14H10F3IO2. The smallest absolute Gasteiger partial charge is 0.416 e. The van der Waals surface area contributed by atoms with Crippen LogP contribution in [0, 0.1) is 3.57 Å². The standard InChI is InChI=1S/C14H10F3IO2/c15-14(16,17)9-6-10(13(20)11(18)7-9)12(19)8-4-2-1-3-5-8/h1-7,12,19-20H. The highest BCUT2D eigenvalue weighted by Crippen LogP contribution is 2.39. The van der Waals surface area contributed by atoms with Crippen LogP contribution in [0.5, 0.6) is 5.75 Å². The monoisotopic (exact) mass is 394 g/mol. The van der Waals surface area contributed by atoms with Gasteiger partial charge in [-0.15, -0.1) is 0 Å². The molecule has 6 heteroatoms. The second kappa shape index (κ2) is 5.61. The zero-order valence-electron chi connectivity index (χ0n) is 10.0. The van der Waals surface area contributed by atoms with Crippen LogP contribution < -0.4 is 0 Å². The molecule has 0 bridgehead atoms. The Balaban J connectivity index is 2.54. The molecule has 0 spiro atoms. The fourth-order valence-corrected chi connectivity index (χ4v) is 2.45. The summed E-state index contributed by atoms with van der Waals surface area (Å²) in [5.41, 5.74) is -0.641. The molecule has 0 fully saturated rings. The van der Waals surface area contributed by atoms with Gasteiger partial charge in [0.05, 0.1) is 9.13 Å². The molecule has 0 radical (unpaired) electrons. The van der Waals surface area contributed by atoms with Gasteiger partial charge >= 0.3 is 6.18 Å². The molecule has 0 saturated carbocycles. The molecule has 0 aliphatic heterocycles. The summed E-state index contributed by atoms with van der Waals surface area (Å²) in [6.45, 7) is 0. The molecule has 2 rings (SSSR count). The summed E-state index contributed by atoms with van der Waals surface area (Å²) in [5.74, 6) is -0.338. The van der Waals surface area contributed by atoms with E-state index in [0.29, 0.717) is 5.56 Å². The molecule has 0 saturated heterocycles. The van der Waals surface area contributed by atoms with Crippen LogP contribution in [0.3, 0.4) is 0 Å². The van der Waals surface area contributed by atoms with Crippen molar-refractivity contribution in [3.05, 3.63) is 62.7 Å². The molecule has 2 aromatic carbocycles. The predicted octanol–water partition coefficient (Wildman–Crippen LogP) is 4.10. The molecule has 2 aromatic rings. The van der Waals surface area contributed by atoms with Crippen LogP contribution in [0.25, 0.3) is 0 Å². The maximum absolute atomic E-state index is 12.8. The van der Waals surface area contributed by atoms with Gasteiger partial charge in [-0.25, -0.2) is 0 Å². The number of hydrogen-bond donors (Lipinski definition) is 2. The van der Waals surface area contributed by atoms with Crippen LogP contribution in [0.2, 0.25) is 0 Å². The van der Waals surface area contributed by atoms with Gasteiger partial charge in [-0.2, -0.15) is 13.2 Å². The molecule has 0 amide bonds. The van der Waals surface area contributed by atoms with Crippen molar-refractivity contribution in [1.29, 1.82) is 0 Å². The lowest BCUT2D eigenvalue weighted by atomic mass is 9.98. The Morgan fingerprint density at radius 1 is 1.05 bits per heavy atom. The predicted molar refractivity (Wildman–Crippen MR) is 76.3 cm³/mol. The minimum Gasteiger partial charge on any atom is -0.506 e. The largest absolute Gasteiger partial charge is 0.506 e. The zero-order chi connectivity index (χ0) is 14.9. The molecule has 1 unspecified atom stereocenters. The molecule has 0 aromatic heterocycles. The zero-order valence-corrected chi connectivity index (χ0v) is 12.2. The molecule has 1 atom stereocenters. The van der Waals surface area contributed by atoms with Crippen LogP contribution in [0.4, 0.5) is 13.2 Å². The Hall–Kier alpha value is -1.28. The van der Waals surface area contributed by atoms with Crippen molar-refractivity contribution in [2.24, 2.45) is 0 Å². The van der Waals surface area contributed by atoms with Crippen LogP contribution in [0.1, 0.15) is 22.8 Å². The topological polar surface area (TPSA) is 40.5 Å². The molecule has 0 aliphatic carbocycles. The van der Waals surface area contributed by atoms with Crippen molar-refractivity contribution in [3.8, 4) is 5.75 Å². The van der Waals surface area contributed by atoms with Crippen molar-refractivity contribution < 1.29 is 23.4 Å². The summed E-state index contributed by atoms with van der Waals surface area (Å²) < 4.78 is 38.4. The molecule has 0 heterocycles. The van der Waals surface area contributed by atoms with Crippen molar-refractivity contribution in [3.63, 3.8) is 0 Å². The lowest BCUT2D eigenvalue weighted by molar-refractivity contribution is -0.137. The first-order valence-corrected chi connectivity index (χ1v) is 6.71. The number of aliphatic hydroxyl groups excluding tert-OH is 1. The first-order valence-electron chi connectivity index (χ1n) is 5.63. The van der Waals surface area contributed by atoms with E-state index in [4.69, 9.17) is 0 Å². The van der Waals surface area contributed by atoms with Gasteiger partial charge in [-0.05, 0) is 40.3 Å². The lowest BCUT2D eigenvalue weighted by Crippen LogP contribution is -2.09. The summed E-state index contributed by atoms with van der Waals surface area (Å²) >= 11 is 1.61. The first kappa shape index (κ1) is 15.1. The summed E-state index contributed by atoms with van der Waals surface area (Å²) in [7, 11) is 0. The average molecular weight is 394 g/mol. The molecule has 2 nitrogen and oxygen atoms in total. The second-order valence-corrected chi connectivity index (χ2v) is 5.37. The van der Waals surface area contributed by atoms with E-state index in [1.165, 1.54) is 0 Å². The molecule has 106 valence electrons. The second-order valence-electron chi connectivity index (χ2n) is 4.21. The number of hydrogen-bond acceptors (Lipinski definition) is 2. The third kappa shape index (κ3) is 3.06. The third-order valence-electron chi connectivity index (χ3n) is 2.83. The minimum absolute atomic E-state index is 0.0439. The van der Waals surface area contributed by atoms with E-state index in [1.54, 1.807) is 52.9 Å². The van der Waals surface area contributed by atoms with Gasteiger partial charge < -0.3 is 10.2 Å². The highest BCUT2D eigenvalue weighted by molar-refractivity contribution is 14.1. The van der Waals surface area contributed by atoms with Gasteiger partial charge in [0.15, 0.2) is 0 Å². The first-order chi connectivity index (χ1) is 9.30. The summed E-state index contributed by atoms with van der Waals surface area (Å²) in [5, 5.41) is 20.0. The maximum atomic E-state index is 12.8. The number of aliphatic hydroxyl groups is 1. The van der Waals surface area contributed by atoms with Gasteiger partial charge in [0.25, 0.3) is 0 Å². The normalized spacial score (nSPS) is 13.2. The van der Waals surface area contributed by atoms with E-state index >= 15 is 0 Å². The van der Waals surface area contributed by atoms with E-state index in [-0.39, 0.29) is 14.9 Å². The number of alkyl halides is 3. The van der Waals surface area contributed by atoms with Crippen molar-refractivity contribution in [2.75, 3.05) is 0 Å². The highest BCUT2D eigenvalue weighted by atomic mass is 127. The SMILES string of the molecule is Oc1c(I)cc(C(F)(F)F)cc1C(O)c1ccccc1. The molecule has 20 heavy (non-hydrogen) atoms. The van der Waals surface area contributed by atoms with E-state index in [2.05, 4.69) is 0 Å². The van der Waals surface area contributed by atoms with Crippen LogP contribution >= 0.6 is 22.6 Å². The highest BCUT2D eigenvalue weighted by Gasteiger charge is 2.33. The molecular weight excluding hydrogens is 384 g/mol. The molecule has 2 N–H and O–H groups in total. The third-order valence-corrected chi connectivity index (χ3v) is 3.65. The lowest BCUT2D eigenvalue weighted by Gasteiger charge is -2.17. The molecule has 0 aliphatic rings. The quantitative estimate of drug-likeness (QED) is 0.754. The number of rotatable bonds is 2. The Kier molecular flexibility index (Phi) is 4.24. The minimum atomic E-state index is -4.53. The van der Waals surface area contributed by atoms with E-state index in [1.807, 2.05) is 0 Å². The fourth-order valence-electron chi connectivity index (χ4n) is 1.81. The number of halogens is 4. The van der Waals surface area contributed by atoms with Crippen LogP contribution in [-0.2, 0) is 6.18 Å². The number of aromatic hydroxyl groups is 1. The van der Waals surface area contributed by atoms with E-state index in [9.17, 15) is 23.4 Å². The summed E-state index contributed by atoms with van der Waals surface area (Å²) in [4.78, 5) is 0. The Morgan fingerprint density at radius 2 is 1.65 bits per heavy atom. The maximum Gasteiger partial charge on any atom is 0.416 e.